The van der Waals surface area contributed by atoms with Gasteiger partial charge < -0.3 is 9.51 Å². The number of pyridine rings is 1. The van der Waals surface area contributed by atoms with Gasteiger partial charge in [0.15, 0.2) is 0 Å². The molecule has 1 N–H and O–H groups in total. The second-order valence-electron chi connectivity index (χ2n) is 11.7. The van der Waals surface area contributed by atoms with Crippen molar-refractivity contribution in [2.45, 2.75) is 58.4 Å². The predicted molar refractivity (Wildman–Crippen MR) is 143 cm³/mol. The van der Waals surface area contributed by atoms with Crippen molar-refractivity contribution in [2.75, 3.05) is 19.8 Å². The average molecular weight is 499 g/mol. The number of phenolic OH excluding ortho intramolecular Hbond substituents is 1. The number of aromatic nitrogens is 2. The van der Waals surface area contributed by atoms with Gasteiger partial charge in [-0.15, -0.1) is 0 Å². The zero-order chi connectivity index (χ0) is 25.6. The van der Waals surface area contributed by atoms with Crippen LogP contribution in [0.4, 0.5) is 4.39 Å². The molecule has 6 heteroatoms. The second-order valence-corrected chi connectivity index (χ2v) is 11.7. The lowest BCUT2D eigenvalue weighted by Crippen LogP contribution is -2.46. The lowest BCUT2D eigenvalue weighted by atomic mass is 9.69. The summed E-state index contributed by atoms with van der Waals surface area (Å²) in [6.07, 6.45) is 11.2. The van der Waals surface area contributed by atoms with Crippen molar-refractivity contribution in [3.8, 4) is 11.8 Å². The van der Waals surface area contributed by atoms with E-state index in [-0.39, 0.29) is 18.0 Å². The van der Waals surface area contributed by atoms with Crippen LogP contribution in [0.1, 0.15) is 67.8 Å². The van der Waals surface area contributed by atoms with Crippen molar-refractivity contribution < 1.29 is 9.50 Å². The summed E-state index contributed by atoms with van der Waals surface area (Å²) < 4.78 is 14.9. The Bertz CT molecular complexity index is 1390. The van der Waals surface area contributed by atoms with Crippen LogP contribution in [0.5, 0.6) is 5.75 Å². The van der Waals surface area contributed by atoms with Crippen LogP contribution in [0.2, 0.25) is 0 Å². The summed E-state index contributed by atoms with van der Waals surface area (Å²) in [5, 5.41) is 19.9. The lowest BCUT2D eigenvalue weighted by Gasteiger charge is -2.37. The van der Waals surface area contributed by atoms with Gasteiger partial charge in [-0.3, -0.25) is 9.29 Å². The first-order valence-electron chi connectivity index (χ1n) is 13.7. The van der Waals surface area contributed by atoms with E-state index in [1.54, 1.807) is 6.07 Å². The van der Waals surface area contributed by atoms with Crippen LogP contribution in [0.15, 0.2) is 48.3 Å². The Morgan fingerprint density at radius 1 is 1.16 bits per heavy atom. The molecule has 5 nitrogen and oxygen atoms in total. The van der Waals surface area contributed by atoms with Crippen LogP contribution in [0.25, 0.3) is 11.2 Å². The fraction of sp³-hybridized carbons (Fsp3) is 0.484. The van der Waals surface area contributed by atoms with E-state index >= 15 is 0 Å². The zero-order valence-electron chi connectivity index (χ0n) is 21.6. The molecule has 37 heavy (non-hydrogen) atoms. The maximum atomic E-state index is 12.8. The molecule has 2 fully saturated rings. The number of hydrogen-bond donors (Lipinski definition) is 1. The maximum Gasteiger partial charge on any atom is 0.137 e. The number of hydrogen-bond acceptors (Lipinski definition) is 4. The van der Waals surface area contributed by atoms with Crippen LogP contribution in [0, 0.1) is 28.6 Å². The molecular weight excluding hydrogens is 463 g/mol. The first-order chi connectivity index (χ1) is 17.9. The number of imidazole rings is 1. The number of aromatic hydroxyl groups is 1. The summed E-state index contributed by atoms with van der Waals surface area (Å²) >= 11 is 0. The van der Waals surface area contributed by atoms with E-state index < -0.39 is 0 Å². The molecule has 0 bridgehead atoms. The van der Waals surface area contributed by atoms with Gasteiger partial charge in [0, 0.05) is 37.9 Å². The fourth-order valence-corrected chi connectivity index (χ4v) is 6.66. The van der Waals surface area contributed by atoms with E-state index in [0.29, 0.717) is 11.7 Å². The molecule has 0 atom stereocenters. The molecule has 2 aliphatic carbocycles. The van der Waals surface area contributed by atoms with Crippen LogP contribution >= 0.6 is 0 Å². The first kappa shape index (κ1) is 24.2. The van der Waals surface area contributed by atoms with Crippen LogP contribution in [-0.2, 0) is 13.0 Å². The summed E-state index contributed by atoms with van der Waals surface area (Å²) in [7, 11) is 0. The molecule has 1 aliphatic heterocycles. The van der Waals surface area contributed by atoms with E-state index in [1.165, 1.54) is 27.8 Å². The number of alkyl halides is 1. The molecule has 0 amide bonds. The highest BCUT2D eigenvalue weighted by Crippen LogP contribution is 2.46. The van der Waals surface area contributed by atoms with Gasteiger partial charge in [-0.25, -0.2) is 4.98 Å². The van der Waals surface area contributed by atoms with Gasteiger partial charge >= 0.3 is 0 Å². The van der Waals surface area contributed by atoms with E-state index in [0.717, 1.165) is 75.9 Å². The van der Waals surface area contributed by atoms with Crippen molar-refractivity contribution in [3.05, 3.63) is 70.7 Å². The molecule has 0 spiro atoms. The van der Waals surface area contributed by atoms with Gasteiger partial charge in [-0.2, -0.15) is 5.26 Å². The maximum absolute atomic E-state index is 12.8. The molecule has 3 aliphatic rings. The number of nitriles is 1. The SMILES string of the molecule is CC1(C#N)CCC(C2=C(c3ccn4cc(CN5CC(CF)C5)nc4c3)c3ccc(O)cc3CCC2)CC1. The summed E-state index contributed by atoms with van der Waals surface area (Å²) in [5.74, 6) is 0.963. The number of likely N-dealkylation sites (tertiary alicyclic amines) is 1. The summed E-state index contributed by atoms with van der Waals surface area (Å²) in [6.45, 7) is 4.23. The van der Waals surface area contributed by atoms with Crippen LogP contribution in [0.3, 0.4) is 0 Å². The third-order valence-corrected chi connectivity index (χ3v) is 8.86. The Balaban J connectivity index is 1.39. The summed E-state index contributed by atoms with van der Waals surface area (Å²) in [5.41, 5.74) is 8.10. The first-order valence-corrected chi connectivity index (χ1v) is 13.7. The number of nitrogens with zero attached hydrogens (tertiary/aromatic N) is 4. The number of phenols is 1. The largest absolute Gasteiger partial charge is 0.508 e. The molecule has 1 aromatic carbocycles. The van der Waals surface area contributed by atoms with E-state index in [2.05, 4.69) is 52.9 Å². The minimum atomic E-state index is -0.238. The van der Waals surface area contributed by atoms with E-state index in [9.17, 15) is 14.8 Å². The number of benzene rings is 1. The number of aryl methyl sites for hydroxylation is 1. The summed E-state index contributed by atoms with van der Waals surface area (Å²) in [4.78, 5) is 7.18. The number of halogens is 1. The van der Waals surface area contributed by atoms with Crippen LogP contribution < -0.4 is 0 Å². The highest BCUT2D eigenvalue weighted by molar-refractivity contribution is 5.85. The van der Waals surface area contributed by atoms with Gasteiger partial charge in [-0.1, -0.05) is 11.6 Å². The van der Waals surface area contributed by atoms with E-state index in [4.69, 9.17) is 4.98 Å². The average Bonchev–Trinajstić information content (AvgIpc) is 3.19. The molecule has 0 radical (unpaired) electrons. The van der Waals surface area contributed by atoms with Crippen molar-refractivity contribution in [1.82, 2.24) is 14.3 Å². The molecule has 1 saturated carbocycles. The Morgan fingerprint density at radius 3 is 2.73 bits per heavy atom. The molecule has 192 valence electrons. The highest BCUT2D eigenvalue weighted by Gasteiger charge is 2.34. The smallest absolute Gasteiger partial charge is 0.137 e. The summed E-state index contributed by atoms with van der Waals surface area (Å²) in [6, 6.07) is 12.8. The lowest BCUT2D eigenvalue weighted by molar-refractivity contribution is 0.0727. The Morgan fingerprint density at radius 2 is 1.97 bits per heavy atom. The standard InChI is InChI=1S/C31H35FN4O/c1-31(20-33)10-7-22(8-11-31)27-4-2-3-23-13-26(37)5-6-28(23)30(27)24-9-12-36-19-25(34-29(36)14-24)18-35-16-21(15-32)17-35/h5-6,9,12-14,19,21-22,37H,2-4,7-8,10-11,15-18H2,1H3. The van der Waals surface area contributed by atoms with Gasteiger partial charge in [0.25, 0.3) is 0 Å². The minimum absolute atomic E-state index is 0.176. The molecule has 0 unspecified atom stereocenters. The molecular formula is C31H35FN4O. The van der Waals surface area contributed by atoms with E-state index in [1.807, 2.05) is 6.07 Å². The third-order valence-electron chi connectivity index (χ3n) is 8.86. The van der Waals surface area contributed by atoms with Gasteiger partial charge in [-0.05, 0) is 104 Å². The fourth-order valence-electron chi connectivity index (χ4n) is 6.66. The molecule has 1 saturated heterocycles. The van der Waals surface area contributed by atoms with Crippen LogP contribution in [-0.4, -0.2) is 39.2 Å². The third kappa shape index (κ3) is 4.66. The molecule has 3 heterocycles. The van der Waals surface area contributed by atoms with Gasteiger partial charge in [0.2, 0.25) is 0 Å². The monoisotopic (exact) mass is 498 g/mol. The minimum Gasteiger partial charge on any atom is -0.508 e. The number of rotatable bonds is 5. The zero-order valence-corrected chi connectivity index (χ0v) is 21.6. The van der Waals surface area contributed by atoms with Crippen molar-refractivity contribution in [2.24, 2.45) is 17.3 Å². The normalized spacial score (nSPS) is 24.9. The quantitative estimate of drug-likeness (QED) is 0.448. The van der Waals surface area contributed by atoms with Gasteiger partial charge in [0.05, 0.1) is 23.9 Å². The van der Waals surface area contributed by atoms with Crippen molar-refractivity contribution in [3.63, 3.8) is 0 Å². The van der Waals surface area contributed by atoms with Crippen molar-refractivity contribution in [1.29, 1.82) is 5.26 Å². The Kier molecular flexibility index (Phi) is 6.28. The number of allylic oxidation sites excluding steroid dienone is 1. The molecule has 3 aromatic rings. The predicted octanol–water partition coefficient (Wildman–Crippen LogP) is 6.30. The van der Waals surface area contributed by atoms with Gasteiger partial charge in [0.1, 0.15) is 11.4 Å². The molecule has 2 aromatic heterocycles. The van der Waals surface area contributed by atoms with Crippen molar-refractivity contribution >= 4 is 11.2 Å². The Labute approximate surface area is 218 Å². The number of fused-ring (bicyclic) bond motifs is 2. The topological polar surface area (TPSA) is 64.6 Å². The second kappa shape index (κ2) is 9.61. The Hall–Kier alpha value is -3.17. The highest BCUT2D eigenvalue weighted by atomic mass is 19.1. The molecule has 6 rings (SSSR count).